The molecular weight excluding hydrogens is 232 g/mol. The Morgan fingerprint density at radius 2 is 2.22 bits per heavy atom. The molecular formula is C13H16N2O3. The van der Waals surface area contributed by atoms with Crippen molar-refractivity contribution >= 4 is 17.8 Å². The molecule has 2 rings (SSSR count). The number of aryl methyl sites for hydroxylation is 1. The average Bonchev–Trinajstić information content (AvgIpc) is 2.61. The molecule has 1 aliphatic carbocycles. The second kappa shape index (κ2) is 4.40. The van der Waals surface area contributed by atoms with Crippen molar-refractivity contribution in [2.45, 2.75) is 33.6 Å². The summed E-state index contributed by atoms with van der Waals surface area (Å²) in [7, 11) is 0. The van der Waals surface area contributed by atoms with Gasteiger partial charge in [-0.2, -0.15) is 0 Å². The van der Waals surface area contributed by atoms with Crippen molar-refractivity contribution in [3.05, 3.63) is 23.2 Å². The number of hydrogen-bond acceptors (Lipinski definition) is 5. The van der Waals surface area contributed by atoms with Crippen LogP contribution in [0.25, 0.3) is 0 Å². The van der Waals surface area contributed by atoms with E-state index in [1.165, 1.54) is 6.21 Å². The Labute approximate surface area is 105 Å². The van der Waals surface area contributed by atoms with Crippen LogP contribution in [0.15, 0.2) is 26.9 Å². The number of allylic oxidation sites excluding steroid dienone is 2. The van der Waals surface area contributed by atoms with Gasteiger partial charge in [-0.3, -0.25) is 4.79 Å². The number of hydrogen-bond donors (Lipinski definition) is 1. The summed E-state index contributed by atoms with van der Waals surface area (Å²) in [6.07, 6.45) is 2.26. The van der Waals surface area contributed by atoms with Gasteiger partial charge in [0, 0.05) is 25.1 Å². The summed E-state index contributed by atoms with van der Waals surface area (Å²) in [5, 5.41) is 13.6. The fourth-order valence-corrected chi connectivity index (χ4v) is 1.99. The van der Waals surface area contributed by atoms with Crippen molar-refractivity contribution in [3.63, 3.8) is 0 Å². The number of ketones is 1. The van der Waals surface area contributed by atoms with E-state index in [1.807, 2.05) is 13.8 Å². The predicted octanol–water partition coefficient (Wildman–Crippen LogP) is 2.89. The summed E-state index contributed by atoms with van der Waals surface area (Å²) < 4.78 is 4.86. The number of aliphatic imine (C=N–C) groups is 1. The second-order valence-corrected chi connectivity index (χ2v) is 5.36. The fourth-order valence-electron chi connectivity index (χ4n) is 1.99. The van der Waals surface area contributed by atoms with Crippen LogP contribution in [0, 0.1) is 12.3 Å². The molecule has 1 aromatic rings. The largest absolute Gasteiger partial charge is 0.511 e. The van der Waals surface area contributed by atoms with Crippen LogP contribution in [-0.2, 0) is 4.79 Å². The molecule has 0 aromatic carbocycles. The van der Waals surface area contributed by atoms with Crippen molar-refractivity contribution in [1.29, 1.82) is 0 Å². The standard InChI is InChI=1S/C13H16N2O3/c1-8-4-12(15-18-8)14-7-9-10(16)5-13(2,3)6-11(9)17/h4,7,16H,5-6H2,1-3H3. The maximum Gasteiger partial charge on any atom is 0.195 e. The number of nitrogens with zero attached hydrogens (tertiary/aromatic N) is 2. The molecule has 96 valence electrons. The van der Waals surface area contributed by atoms with Gasteiger partial charge in [0.1, 0.15) is 11.5 Å². The predicted molar refractivity (Wildman–Crippen MR) is 67.1 cm³/mol. The van der Waals surface area contributed by atoms with Crippen LogP contribution in [0.4, 0.5) is 5.82 Å². The molecule has 0 saturated heterocycles. The van der Waals surface area contributed by atoms with Crippen LogP contribution in [-0.4, -0.2) is 22.3 Å². The summed E-state index contributed by atoms with van der Waals surface area (Å²) in [4.78, 5) is 15.9. The van der Waals surface area contributed by atoms with Crippen LogP contribution in [0.2, 0.25) is 0 Å². The first-order chi connectivity index (χ1) is 8.37. The molecule has 0 atom stereocenters. The Bertz CT molecular complexity index is 538. The van der Waals surface area contributed by atoms with Crippen molar-refractivity contribution in [1.82, 2.24) is 5.16 Å². The van der Waals surface area contributed by atoms with Crippen LogP contribution in [0.3, 0.4) is 0 Å². The number of carbonyl (C=O) groups excluding carboxylic acids is 1. The molecule has 0 unspecified atom stereocenters. The summed E-state index contributed by atoms with van der Waals surface area (Å²) in [5.41, 5.74) is 0.0816. The number of carbonyl (C=O) groups is 1. The van der Waals surface area contributed by atoms with Gasteiger partial charge in [-0.15, -0.1) is 0 Å². The Hall–Kier alpha value is -1.91. The second-order valence-electron chi connectivity index (χ2n) is 5.36. The van der Waals surface area contributed by atoms with Gasteiger partial charge in [-0.1, -0.05) is 19.0 Å². The van der Waals surface area contributed by atoms with Crippen molar-refractivity contribution in [3.8, 4) is 0 Å². The van der Waals surface area contributed by atoms with Crippen LogP contribution in [0.5, 0.6) is 0 Å². The zero-order valence-electron chi connectivity index (χ0n) is 10.7. The Morgan fingerprint density at radius 1 is 1.50 bits per heavy atom. The lowest BCUT2D eigenvalue weighted by atomic mass is 9.77. The lowest BCUT2D eigenvalue weighted by Gasteiger charge is -2.28. The number of Topliss-reactive ketones (excluding diaryl/α,β-unsaturated/α-hetero) is 1. The Balaban J connectivity index is 2.23. The smallest absolute Gasteiger partial charge is 0.195 e. The minimum atomic E-state index is -0.191. The number of aromatic nitrogens is 1. The molecule has 0 amide bonds. The highest BCUT2D eigenvalue weighted by molar-refractivity contribution is 6.14. The van der Waals surface area contributed by atoms with E-state index in [1.54, 1.807) is 13.0 Å². The zero-order chi connectivity index (χ0) is 13.3. The van der Waals surface area contributed by atoms with Crippen LogP contribution in [0.1, 0.15) is 32.4 Å². The number of aliphatic hydroxyl groups excluding tert-OH is 1. The van der Waals surface area contributed by atoms with Crippen LogP contribution < -0.4 is 0 Å². The fraction of sp³-hybridized carbons (Fsp3) is 0.462. The topological polar surface area (TPSA) is 75.7 Å². The monoisotopic (exact) mass is 248 g/mol. The molecule has 0 saturated carbocycles. The van der Waals surface area contributed by atoms with Gasteiger partial charge in [-0.25, -0.2) is 4.99 Å². The first-order valence-electron chi connectivity index (χ1n) is 5.80. The molecule has 0 spiro atoms. The summed E-state index contributed by atoms with van der Waals surface area (Å²) in [5.74, 6) is 1.05. The van der Waals surface area contributed by atoms with Gasteiger partial charge in [0.2, 0.25) is 0 Å². The molecule has 0 bridgehead atoms. The Kier molecular flexibility index (Phi) is 3.07. The summed E-state index contributed by atoms with van der Waals surface area (Å²) in [6.45, 7) is 5.67. The molecule has 1 aliphatic rings. The summed E-state index contributed by atoms with van der Waals surface area (Å²) >= 11 is 0. The van der Waals surface area contributed by atoms with E-state index >= 15 is 0 Å². The summed E-state index contributed by atoms with van der Waals surface area (Å²) in [6, 6.07) is 1.66. The van der Waals surface area contributed by atoms with Gasteiger partial charge in [0.25, 0.3) is 0 Å². The van der Waals surface area contributed by atoms with E-state index in [9.17, 15) is 9.90 Å². The van der Waals surface area contributed by atoms with E-state index in [4.69, 9.17) is 4.52 Å². The Morgan fingerprint density at radius 3 is 2.78 bits per heavy atom. The number of aliphatic hydroxyl groups is 1. The van der Waals surface area contributed by atoms with Crippen molar-refractivity contribution in [2.24, 2.45) is 10.4 Å². The molecule has 0 fully saturated rings. The molecule has 0 aliphatic heterocycles. The lowest BCUT2D eigenvalue weighted by Crippen LogP contribution is -2.26. The zero-order valence-corrected chi connectivity index (χ0v) is 10.7. The highest BCUT2D eigenvalue weighted by Crippen LogP contribution is 2.35. The van der Waals surface area contributed by atoms with Gasteiger partial charge >= 0.3 is 0 Å². The molecule has 18 heavy (non-hydrogen) atoms. The highest BCUT2D eigenvalue weighted by Gasteiger charge is 2.32. The molecule has 1 N–H and O–H groups in total. The van der Waals surface area contributed by atoms with Crippen molar-refractivity contribution < 1.29 is 14.4 Å². The quantitative estimate of drug-likeness (QED) is 0.816. The van der Waals surface area contributed by atoms with E-state index in [0.717, 1.165) is 0 Å². The van der Waals surface area contributed by atoms with Crippen LogP contribution >= 0.6 is 0 Å². The molecule has 1 heterocycles. The van der Waals surface area contributed by atoms with E-state index in [2.05, 4.69) is 10.1 Å². The normalized spacial score (nSPS) is 19.8. The first kappa shape index (κ1) is 12.5. The maximum atomic E-state index is 11.9. The van der Waals surface area contributed by atoms with Gasteiger partial charge in [0.05, 0.1) is 5.57 Å². The highest BCUT2D eigenvalue weighted by atomic mass is 16.5. The van der Waals surface area contributed by atoms with E-state index in [0.29, 0.717) is 24.4 Å². The molecule has 0 radical (unpaired) electrons. The van der Waals surface area contributed by atoms with Gasteiger partial charge in [0.15, 0.2) is 11.6 Å². The minimum absolute atomic E-state index is 0.0901. The minimum Gasteiger partial charge on any atom is -0.511 e. The molecule has 5 nitrogen and oxygen atoms in total. The SMILES string of the molecule is Cc1cc(N=CC2=C(O)CC(C)(C)CC2=O)no1. The lowest BCUT2D eigenvalue weighted by molar-refractivity contribution is -0.117. The molecule has 5 heteroatoms. The van der Waals surface area contributed by atoms with E-state index < -0.39 is 0 Å². The number of rotatable bonds is 2. The molecule has 1 aromatic heterocycles. The average molecular weight is 248 g/mol. The third kappa shape index (κ3) is 2.67. The van der Waals surface area contributed by atoms with Gasteiger partial charge in [-0.05, 0) is 12.3 Å². The third-order valence-corrected chi connectivity index (χ3v) is 2.84. The van der Waals surface area contributed by atoms with Gasteiger partial charge < -0.3 is 9.63 Å². The third-order valence-electron chi connectivity index (χ3n) is 2.84. The first-order valence-corrected chi connectivity index (χ1v) is 5.80. The maximum absolute atomic E-state index is 11.9. The van der Waals surface area contributed by atoms with Crippen molar-refractivity contribution in [2.75, 3.05) is 0 Å². The van der Waals surface area contributed by atoms with E-state index in [-0.39, 0.29) is 22.5 Å².